The standard InChI is InChI=1S/C23H40BN5O4/c1-15(2)14-19(24(32)33)29-21(31)18(8-7-13-27-22(25)26-6)28-20(30)16-9-11-17(12-10-16)23(3,4)5/h9-12,15,18-19,32-33H,7-8,13-14H2,1-6H3,(H,28,30)(H,29,31)(H3,25,26,27)/t18-,19-/m0/s1. The van der Waals surface area contributed by atoms with Crippen molar-refractivity contribution in [3.05, 3.63) is 35.4 Å². The minimum Gasteiger partial charge on any atom is -0.426 e. The van der Waals surface area contributed by atoms with Gasteiger partial charge in [0.1, 0.15) is 6.04 Å². The molecule has 1 aromatic rings. The van der Waals surface area contributed by atoms with E-state index >= 15 is 0 Å². The predicted octanol–water partition coefficient (Wildman–Crippen LogP) is 0.940. The Bertz CT molecular complexity index is 791. The van der Waals surface area contributed by atoms with Crippen molar-refractivity contribution >= 4 is 24.9 Å². The molecule has 0 unspecified atom stereocenters. The Hall–Kier alpha value is -2.59. The van der Waals surface area contributed by atoms with Crippen LogP contribution in [0.3, 0.4) is 0 Å². The van der Waals surface area contributed by atoms with Crippen LogP contribution >= 0.6 is 0 Å². The lowest BCUT2D eigenvalue weighted by atomic mass is 9.75. The van der Waals surface area contributed by atoms with Crippen LogP contribution in [0, 0.1) is 5.92 Å². The SMILES string of the molecule is CN=C(N)NCCC[C@H](NC(=O)c1ccc(C(C)(C)C)cc1)C(=O)N[C@@H](CC(C)C)B(O)O. The highest BCUT2D eigenvalue weighted by Crippen LogP contribution is 2.22. The van der Waals surface area contributed by atoms with Crippen LogP contribution in [0.15, 0.2) is 29.3 Å². The lowest BCUT2D eigenvalue weighted by Gasteiger charge is -2.24. The van der Waals surface area contributed by atoms with E-state index in [1.165, 1.54) is 0 Å². The summed E-state index contributed by atoms with van der Waals surface area (Å²) in [5.74, 6) is -1.23. The van der Waals surface area contributed by atoms with E-state index < -0.39 is 25.0 Å². The summed E-state index contributed by atoms with van der Waals surface area (Å²) in [6, 6.07) is 6.44. The third kappa shape index (κ3) is 10.3. The molecule has 0 radical (unpaired) electrons. The van der Waals surface area contributed by atoms with E-state index in [9.17, 15) is 19.6 Å². The van der Waals surface area contributed by atoms with E-state index in [0.29, 0.717) is 37.3 Å². The molecule has 2 amide bonds. The average Bonchev–Trinajstić information content (AvgIpc) is 2.73. The van der Waals surface area contributed by atoms with Gasteiger partial charge in [-0.25, -0.2) is 0 Å². The summed E-state index contributed by atoms with van der Waals surface area (Å²) in [6.45, 7) is 10.6. The number of carbonyl (C=O) groups excluding carboxylic acids is 2. The third-order valence-corrected chi connectivity index (χ3v) is 5.26. The summed E-state index contributed by atoms with van der Waals surface area (Å²) in [5, 5.41) is 27.7. The second kappa shape index (κ2) is 13.2. The molecule has 1 rings (SSSR count). The Kier molecular flexibility index (Phi) is 11.4. The van der Waals surface area contributed by atoms with E-state index in [-0.39, 0.29) is 17.2 Å². The van der Waals surface area contributed by atoms with Gasteiger partial charge < -0.3 is 31.7 Å². The lowest BCUT2D eigenvalue weighted by molar-refractivity contribution is -0.123. The maximum Gasteiger partial charge on any atom is 0.475 e. The number of carbonyl (C=O) groups is 2. The van der Waals surface area contributed by atoms with Gasteiger partial charge in [0, 0.05) is 19.2 Å². The quantitative estimate of drug-likeness (QED) is 0.125. The molecule has 0 aromatic heterocycles. The van der Waals surface area contributed by atoms with E-state index in [0.717, 1.165) is 5.56 Å². The first-order valence-corrected chi connectivity index (χ1v) is 11.4. The number of rotatable bonds is 11. The predicted molar refractivity (Wildman–Crippen MR) is 133 cm³/mol. The van der Waals surface area contributed by atoms with Gasteiger partial charge in [0.2, 0.25) is 5.91 Å². The van der Waals surface area contributed by atoms with Crippen molar-refractivity contribution < 1.29 is 19.6 Å². The largest absolute Gasteiger partial charge is 0.475 e. The maximum absolute atomic E-state index is 13.0. The molecule has 184 valence electrons. The Balaban J connectivity index is 2.93. The summed E-state index contributed by atoms with van der Waals surface area (Å²) in [7, 11) is -0.126. The van der Waals surface area contributed by atoms with Crippen molar-refractivity contribution in [3.63, 3.8) is 0 Å². The molecule has 2 atom stereocenters. The number of nitrogens with two attached hydrogens (primary N) is 1. The smallest absolute Gasteiger partial charge is 0.426 e. The van der Waals surface area contributed by atoms with Gasteiger partial charge in [-0.3, -0.25) is 14.6 Å². The number of amides is 2. The molecule has 0 saturated carbocycles. The van der Waals surface area contributed by atoms with Crippen molar-refractivity contribution in [2.75, 3.05) is 13.6 Å². The molecule has 33 heavy (non-hydrogen) atoms. The highest BCUT2D eigenvalue weighted by atomic mass is 16.4. The number of hydrogen-bond donors (Lipinski definition) is 6. The average molecular weight is 461 g/mol. The van der Waals surface area contributed by atoms with Gasteiger partial charge in [-0.05, 0) is 48.3 Å². The molecule has 0 aliphatic heterocycles. The Morgan fingerprint density at radius 2 is 1.73 bits per heavy atom. The normalized spacial score (nSPS) is 13.9. The van der Waals surface area contributed by atoms with Gasteiger partial charge in [-0.1, -0.05) is 46.8 Å². The van der Waals surface area contributed by atoms with Crippen molar-refractivity contribution in [2.45, 2.75) is 71.3 Å². The molecule has 0 spiro atoms. The molecule has 0 aliphatic rings. The fraction of sp³-hybridized carbons (Fsp3) is 0.609. The van der Waals surface area contributed by atoms with Gasteiger partial charge in [-0.15, -0.1) is 0 Å². The van der Waals surface area contributed by atoms with Gasteiger partial charge in [0.05, 0.1) is 5.94 Å². The van der Waals surface area contributed by atoms with E-state index in [4.69, 9.17) is 5.73 Å². The summed E-state index contributed by atoms with van der Waals surface area (Å²) in [5.41, 5.74) is 7.14. The van der Waals surface area contributed by atoms with E-state index in [1.54, 1.807) is 19.2 Å². The van der Waals surface area contributed by atoms with Crippen LogP contribution in [0.1, 0.15) is 69.8 Å². The zero-order chi connectivity index (χ0) is 25.2. The minimum atomic E-state index is -1.69. The molecule has 0 heterocycles. The molecule has 0 saturated heterocycles. The first-order valence-electron chi connectivity index (χ1n) is 11.4. The zero-order valence-corrected chi connectivity index (χ0v) is 20.7. The second-order valence-corrected chi connectivity index (χ2v) is 9.69. The molecule has 9 nitrogen and oxygen atoms in total. The number of benzene rings is 1. The summed E-state index contributed by atoms with van der Waals surface area (Å²) >= 11 is 0. The highest BCUT2D eigenvalue weighted by molar-refractivity contribution is 6.43. The Labute approximate surface area is 197 Å². The Morgan fingerprint density at radius 3 is 2.21 bits per heavy atom. The number of nitrogens with zero attached hydrogens (tertiary/aromatic N) is 1. The molecule has 0 bridgehead atoms. The highest BCUT2D eigenvalue weighted by Gasteiger charge is 2.30. The monoisotopic (exact) mass is 461 g/mol. The molecule has 1 aromatic carbocycles. The maximum atomic E-state index is 13.0. The number of aliphatic imine (C=N–C) groups is 1. The molecular formula is C23H40BN5O4. The van der Waals surface area contributed by atoms with Crippen LogP contribution < -0.4 is 21.7 Å². The molecule has 7 N–H and O–H groups in total. The zero-order valence-electron chi connectivity index (χ0n) is 20.7. The Morgan fingerprint density at radius 1 is 1.12 bits per heavy atom. The van der Waals surface area contributed by atoms with Crippen molar-refractivity contribution in [1.29, 1.82) is 0 Å². The second-order valence-electron chi connectivity index (χ2n) is 9.69. The summed E-state index contributed by atoms with van der Waals surface area (Å²) in [4.78, 5) is 29.6. The summed E-state index contributed by atoms with van der Waals surface area (Å²) in [6.07, 6.45) is 1.26. The summed E-state index contributed by atoms with van der Waals surface area (Å²) < 4.78 is 0. The van der Waals surface area contributed by atoms with E-state index in [1.807, 2.05) is 26.0 Å². The van der Waals surface area contributed by atoms with Crippen LogP contribution in [0.4, 0.5) is 0 Å². The van der Waals surface area contributed by atoms with Crippen LogP contribution in [-0.2, 0) is 10.2 Å². The molecule has 0 aliphatic carbocycles. The topological polar surface area (TPSA) is 149 Å². The number of guanidine groups is 1. The van der Waals surface area contributed by atoms with Crippen molar-refractivity contribution in [1.82, 2.24) is 16.0 Å². The van der Waals surface area contributed by atoms with Gasteiger partial charge >= 0.3 is 7.12 Å². The fourth-order valence-corrected chi connectivity index (χ4v) is 3.28. The van der Waals surface area contributed by atoms with Crippen LogP contribution in [-0.4, -0.2) is 60.5 Å². The van der Waals surface area contributed by atoms with Crippen molar-refractivity contribution in [3.8, 4) is 0 Å². The molecule has 0 fully saturated rings. The van der Waals surface area contributed by atoms with Gasteiger partial charge in [-0.2, -0.15) is 0 Å². The van der Waals surface area contributed by atoms with Crippen LogP contribution in [0.5, 0.6) is 0 Å². The van der Waals surface area contributed by atoms with Crippen LogP contribution in [0.25, 0.3) is 0 Å². The van der Waals surface area contributed by atoms with Gasteiger partial charge in [0.15, 0.2) is 5.96 Å². The van der Waals surface area contributed by atoms with Crippen LogP contribution in [0.2, 0.25) is 0 Å². The lowest BCUT2D eigenvalue weighted by Crippen LogP contribution is -2.54. The third-order valence-electron chi connectivity index (χ3n) is 5.26. The van der Waals surface area contributed by atoms with E-state index in [2.05, 4.69) is 41.7 Å². The first kappa shape index (κ1) is 28.4. The fourth-order valence-electron chi connectivity index (χ4n) is 3.28. The van der Waals surface area contributed by atoms with Gasteiger partial charge in [0.25, 0.3) is 5.91 Å². The van der Waals surface area contributed by atoms with Crippen molar-refractivity contribution in [2.24, 2.45) is 16.6 Å². The minimum absolute atomic E-state index is 0.0371. The number of nitrogens with one attached hydrogen (secondary N) is 3. The molecular weight excluding hydrogens is 421 g/mol. The molecule has 10 heteroatoms. The number of hydrogen-bond acceptors (Lipinski definition) is 5. The first-order chi connectivity index (χ1) is 15.3.